The first-order valence-electron chi connectivity index (χ1n) is 7.18. The van der Waals surface area contributed by atoms with Gasteiger partial charge >= 0.3 is 6.18 Å². The van der Waals surface area contributed by atoms with Gasteiger partial charge in [0.05, 0.1) is 11.7 Å². The van der Waals surface area contributed by atoms with E-state index in [1.807, 2.05) is 0 Å². The quantitative estimate of drug-likeness (QED) is 0.759. The molecular formula is C16H14F3N3O2. The molecule has 2 aromatic heterocycles. The highest BCUT2D eigenvalue weighted by Gasteiger charge is 2.32. The van der Waals surface area contributed by atoms with Crippen LogP contribution in [0, 0.1) is 6.92 Å². The fourth-order valence-electron chi connectivity index (χ4n) is 2.39. The number of nitrogens with one attached hydrogen (secondary N) is 2. The molecule has 2 heterocycles. The third-order valence-corrected chi connectivity index (χ3v) is 3.65. The second-order valence-electron chi connectivity index (χ2n) is 5.56. The van der Waals surface area contributed by atoms with E-state index >= 15 is 0 Å². The fraction of sp³-hybridized carbons (Fsp3) is 0.250. The molecule has 1 amide bonds. The minimum Gasteiger partial charge on any atom is -0.351 e. The minimum absolute atomic E-state index is 0.0847. The Hall–Kier alpha value is -2.77. The largest absolute Gasteiger partial charge is 0.431 e. The monoisotopic (exact) mass is 337 g/mol. The molecule has 5 nitrogen and oxygen atoms in total. The zero-order chi connectivity index (χ0) is 17.5. The van der Waals surface area contributed by atoms with E-state index in [0.717, 1.165) is 6.07 Å². The number of hydrogen-bond acceptors (Lipinski definition) is 3. The smallest absolute Gasteiger partial charge is 0.351 e. The van der Waals surface area contributed by atoms with Gasteiger partial charge in [-0.2, -0.15) is 13.2 Å². The van der Waals surface area contributed by atoms with Gasteiger partial charge in [-0.15, -0.1) is 0 Å². The summed E-state index contributed by atoms with van der Waals surface area (Å²) < 4.78 is 43.1. The van der Waals surface area contributed by atoms with Crippen molar-refractivity contribution in [1.82, 2.24) is 15.5 Å². The molecule has 3 aromatic rings. The molecule has 0 aliphatic heterocycles. The first-order chi connectivity index (χ1) is 11.2. The summed E-state index contributed by atoms with van der Waals surface area (Å²) in [6.45, 7) is 3.43. The van der Waals surface area contributed by atoms with Gasteiger partial charge in [0.2, 0.25) is 5.76 Å². The normalized spacial score (nSPS) is 13.2. The first-order valence-corrected chi connectivity index (χ1v) is 7.18. The van der Waals surface area contributed by atoms with Gasteiger partial charge in [0.1, 0.15) is 5.69 Å². The number of amides is 1. The van der Waals surface area contributed by atoms with Crippen molar-refractivity contribution < 1.29 is 22.5 Å². The van der Waals surface area contributed by atoms with E-state index in [0.29, 0.717) is 22.2 Å². The fourth-order valence-corrected chi connectivity index (χ4v) is 2.39. The molecule has 0 radical (unpaired) electrons. The van der Waals surface area contributed by atoms with Crippen LogP contribution in [-0.2, 0) is 6.18 Å². The van der Waals surface area contributed by atoms with Crippen LogP contribution in [0.3, 0.4) is 0 Å². The van der Waals surface area contributed by atoms with Crippen LogP contribution >= 0.6 is 0 Å². The molecule has 0 saturated carbocycles. The summed E-state index contributed by atoms with van der Waals surface area (Å²) in [4.78, 5) is 14.4. The van der Waals surface area contributed by atoms with Gasteiger partial charge in [0, 0.05) is 17.0 Å². The Labute approximate surface area is 134 Å². The van der Waals surface area contributed by atoms with E-state index in [-0.39, 0.29) is 5.76 Å². The Morgan fingerprint density at radius 2 is 2.04 bits per heavy atom. The molecule has 0 saturated heterocycles. The third kappa shape index (κ3) is 3.12. The lowest BCUT2D eigenvalue weighted by molar-refractivity contribution is -0.140. The van der Waals surface area contributed by atoms with Crippen LogP contribution < -0.4 is 5.32 Å². The van der Waals surface area contributed by atoms with Crippen LogP contribution in [0.15, 0.2) is 34.9 Å². The van der Waals surface area contributed by atoms with Crippen molar-refractivity contribution in [2.75, 3.05) is 0 Å². The molecule has 2 N–H and O–H groups in total. The van der Waals surface area contributed by atoms with E-state index in [1.54, 1.807) is 32.0 Å². The van der Waals surface area contributed by atoms with Gasteiger partial charge in [0.25, 0.3) is 5.91 Å². The average molecular weight is 337 g/mol. The number of nitrogens with zero attached hydrogens (tertiary/aromatic N) is 1. The van der Waals surface area contributed by atoms with Crippen molar-refractivity contribution in [3.8, 4) is 0 Å². The van der Waals surface area contributed by atoms with E-state index in [2.05, 4.69) is 15.5 Å². The summed E-state index contributed by atoms with van der Waals surface area (Å²) in [5, 5.41) is 6.79. The summed E-state index contributed by atoms with van der Waals surface area (Å²) in [5.41, 5.74) is 0.847. The Kier molecular flexibility index (Phi) is 3.82. The van der Waals surface area contributed by atoms with Crippen molar-refractivity contribution in [2.24, 2.45) is 0 Å². The number of aromatic nitrogens is 2. The molecule has 0 aliphatic carbocycles. The molecule has 0 fully saturated rings. The highest BCUT2D eigenvalue weighted by molar-refractivity contribution is 5.91. The lowest BCUT2D eigenvalue weighted by Crippen LogP contribution is -2.26. The number of carbonyl (C=O) groups is 1. The molecule has 126 valence electrons. The number of H-pyrrole nitrogens is 1. The molecule has 3 rings (SSSR count). The topological polar surface area (TPSA) is 70.9 Å². The lowest BCUT2D eigenvalue weighted by atomic mass is 10.1. The Morgan fingerprint density at radius 3 is 2.67 bits per heavy atom. The molecule has 1 aromatic carbocycles. The van der Waals surface area contributed by atoms with Crippen molar-refractivity contribution in [2.45, 2.75) is 26.1 Å². The number of benzene rings is 1. The number of carbonyl (C=O) groups excluding carboxylic acids is 1. The number of hydrogen-bond donors (Lipinski definition) is 2. The second-order valence-corrected chi connectivity index (χ2v) is 5.56. The molecule has 0 spiro atoms. The van der Waals surface area contributed by atoms with Gasteiger partial charge in [-0.1, -0.05) is 11.2 Å². The number of alkyl halides is 3. The second kappa shape index (κ2) is 5.70. The van der Waals surface area contributed by atoms with Crippen LogP contribution in [-0.4, -0.2) is 16.0 Å². The predicted octanol–water partition coefficient (Wildman–Crippen LogP) is 3.97. The molecule has 0 aliphatic rings. The summed E-state index contributed by atoms with van der Waals surface area (Å²) in [7, 11) is 0. The highest BCUT2D eigenvalue weighted by atomic mass is 19.4. The van der Waals surface area contributed by atoms with Gasteiger partial charge in [-0.05, 0) is 37.6 Å². The lowest BCUT2D eigenvalue weighted by Gasteiger charge is -2.13. The molecule has 8 heteroatoms. The molecule has 24 heavy (non-hydrogen) atoms. The van der Waals surface area contributed by atoms with Gasteiger partial charge in [-0.25, -0.2) is 0 Å². The molecule has 0 bridgehead atoms. The molecule has 1 unspecified atom stereocenters. The Morgan fingerprint density at radius 1 is 1.29 bits per heavy atom. The van der Waals surface area contributed by atoms with E-state index < -0.39 is 23.8 Å². The highest BCUT2D eigenvalue weighted by Crippen LogP contribution is 2.32. The maximum Gasteiger partial charge on any atom is 0.431 e. The number of aromatic amines is 1. The van der Waals surface area contributed by atoms with Crippen molar-refractivity contribution in [1.29, 1.82) is 0 Å². The zero-order valence-corrected chi connectivity index (χ0v) is 12.9. The summed E-state index contributed by atoms with van der Waals surface area (Å²) in [6.07, 6.45) is -4.43. The van der Waals surface area contributed by atoms with E-state index in [1.165, 1.54) is 6.07 Å². The van der Waals surface area contributed by atoms with E-state index in [4.69, 9.17) is 4.52 Å². The Bertz CT molecular complexity index is 895. The van der Waals surface area contributed by atoms with Crippen LogP contribution in [0.4, 0.5) is 13.2 Å². The zero-order valence-electron chi connectivity index (χ0n) is 12.9. The number of fused-ring (bicyclic) bond motifs is 1. The molecule has 1 atom stereocenters. The maximum absolute atomic E-state index is 12.7. The van der Waals surface area contributed by atoms with Crippen LogP contribution in [0.5, 0.6) is 0 Å². The number of rotatable bonds is 3. The predicted molar refractivity (Wildman–Crippen MR) is 80.4 cm³/mol. The van der Waals surface area contributed by atoms with Crippen molar-refractivity contribution in [3.05, 3.63) is 53.0 Å². The summed E-state index contributed by atoms with van der Waals surface area (Å²) >= 11 is 0. The van der Waals surface area contributed by atoms with Gasteiger partial charge in [-0.3, -0.25) is 4.79 Å². The number of halogens is 3. The standard InChI is InChI=1S/C16H14F3N3O2/c1-8-5-13(24-22-8)15(23)20-9(2)10-3-4-12-11(6-10)7-14(21-12)16(17,18)19/h3-7,9,21H,1-2H3,(H,20,23). The summed E-state index contributed by atoms with van der Waals surface area (Å²) in [5.74, 6) is -0.352. The Balaban J connectivity index is 1.82. The van der Waals surface area contributed by atoms with Crippen LogP contribution in [0.2, 0.25) is 0 Å². The van der Waals surface area contributed by atoms with Crippen molar-refractivity contribution in [3.63, 3.8) is 0 Å². The van der Waals surface area contributed by atoms with Gasteiger partial charge < -0.3 is 14.8 Å². The van der Waals surface area contributed by atoms with Gasteiger partial charge in [0.15, 0.2) is 0 Å². The minimum atomic E-state index is -4.43. The van der Waals surface area contributed by atoms with Crippen molar-refractivity contribution >= 4 is 16.8 Å². The van der Waals surface area contributed by atoms with Crippen LogP contribution in [0.25, 0.3) is 10.9 Å². The average Bonchev–Trinajstić information content (AvgIpc) is 3.11. The third-order valence-electron chi connectivity index (χ3n) is 3.65. The number of aryl methyl sites for hydroxylation is 1. The van der Waals surface area contributed by atoms with E-state index in [9.17, 15) is 18.0 Å². The van der Waals surface area contributed by atoms with Crippen LogP contribution in [0.1, 0.15) is 40.5 Å². The first kappa shape index (κ1) is 16.1. The molecular weight excluding hydrogens is 323 g/mol. The SMILES string of the molecule is Cc1cc(C(=O)NC(C)c2ccc3[nH]c(C(F)(F)F)cc3c2)on1. The summed E-state index contributed by atoms with van der Waals surface area (Å²) in [6, 6.07) is 6.98. The maximum atomic E-state index is 12.7.